The van der Waals surface area contributed by atoms with E-state index < -0.39 is 17.8 Å². The molecule has 7 nitrogen and oxygen atoms in total. The molecule has 1 saturated heterocycles. The highest BCUT2D eigenvalue weighted by Crippen LogP contribution is 2.30. The number of carbonyl (C=O) groups excluding carboxylic acids is 1. The van der Waals surface area contributed by atoms with E-state index in [-0.39, 0.29) is 11.7 Å². The lowest BCUT2D eigenvalue weighted by atomic mass is 10.1. The number of rotatable bonds is 3. The van der Waals surface area contributed by atoms with E-state index in [1.165, 1.54) is 16.9 Å². The van der Waals surface area contributed by atoms with E-state index >= 15 is 0 Å². The Labute approximate surface area is 135 Å². The molecule has 1 unspecified atom stereocenters. The number of carbonyl (C=O) groups is 1. The van der Waals surface area contributed by atoms with Crippen LogP contribution < -0.4 is 10.6 Å². The number of nitrogens with two attached hydrogens (primary N) is 1. The number of aromatic nitrogens is 4. The number of amides is 1. The van der Waals surface area contributed by atoms with E-state index in [0.717, 1.165) is 18.9 Å². The number of halogens is 3. The maximum absolute atomic E-state index is 12.7. The quantitative estimate of drug-likeness (QED) is 0.917. The van der Waals surface area contributed by atoms with Gasteiger partial charge in [0.05, 0.1) is 6.04 Å². The zero-order chi connectivity index (χ0) is 17.3. The van der Waals surface area contributed by atoms with Gasteiger partial charge in [-0.2, -0.15) is 18.3 Å². The fraction of sp³-hybridized carbons (Fsp3) is 0.429. The third kappa shape index (κ3) is 3.31. The summed E-state index contributed by atoms with van der Waals surface area (Å²) in [5, 5.41) is 11.4. The van der Waals surface area contributed by atoms with Crippen LogP contribution in [0.1, 0.15) is 35.1 Å². The first-order valence-electron chi connectivity index (χ1n) is 7.35. The molecule has 24 heavy (non-hydrogen) atoms. The van der Waals surface area contributed by atoms with Gasteiger partial charge in [0.15, 0.2) is 17.2 Å². The van der Waals surface area contributed by atoms with Gasteiger partial charge in [0.25, 0.3) is 5.91 Å². The van der Waals surface area contributed by atoms with E-state index in [9.17, 15) is 18.0 Å². The van der Waals surface area contributed by atoms with E-state index in [0.29, 0.717) is 18.9 Å². The van der Waals surface area contributed by atoms with Crippen LogP contribution in [0.5, 0.6) is 0 Å². The molecule has 0 spiro atoms. The Morgan fingerprint density at radius 1 is 1.25 bits per heavy atom. The molecule has 3 heterocycles. The van der Waals surface area contributed by atoms with Crippen molar-refractivity contribution in [1.82, 2.24) is 20.0 Å². The van der Waals surface area contributed by atoms with Gasteiger partial charge in [0, 0.05) is 19.3 Å². The Balaban J connectivity index is 1.74. The van der Waals surface area contributed by atoms with Gasteiger partial charge in [-0.25, -0.2) is 0 Å². The van der Waals surface area contributed by atoms with E-state index in [4.69, 9.17) is 5.73 Å². The SMILES string of the molecule is NC(=O)c1ccc(N2CCCC(n3ccc(C(F)(F)F)n3)C2)nn1. The van der Waals surface area contributed by atoms with Crippen LogP contribution in [-0.2, 0) is 6.18 Å². The third-order valence-corrected chi connectivity index (χ3v) is 3.90. The topological polar surface area (TPSA) is 89.9 Å². The van der Waals surface area contributed by atoms with Crippen LogP contribution in [0.3, 0.4) is 0 Å². The lowest BCUT2D eigenvalue weighted by Crippen LogP contribution is -2.37. The summed E-state index contributed by atoms with van der Waals surface area (Å²) < 4.78 is 39.4. The number of hydrogen-bond donors (Lipinski definition) is 1. The van der Waals surface area contributed by atoms with Crippen molar-refractivity contribution in [2.24, 2.45) is 5.73 Å². The molecule has 0 bridgehead atoms. The summed E-state index contributed by atoms with van der Waals surface area (Å²) in [5.74, 6) is -0.116. The van der Waals surface area contributed by atoms with Gasteiger partial charge in [-0.05, 0) is 31.0 Å². The van der Waals surface area contributed by atoms with Crippen LogP contribution in [0.4, 0.5) is 19.0 Å². The minimum absolute atomic E-state index is 0.0641. The lowest BCUT2D eigenvalue weighted by Gasteiger charge is -2.33. The maximum Gasteiger partial charge on any atom is 0.435 e. The summed E-state index contributed by atoms with van der Waals surface area (Å²) in [7, 11) is 0. The Bertz CT molecular complexity index is 727. The van der Waals surface area contributed by atoms with Gasteiger partial charge in [0.2, 0.25) is 0 Å². The van der Waals surface area contributed by atoms with Gasteiger partial charge >= 0.3 is 6.18 Å². The second kappa shape index (κ2) is 6.10. The largest absolute Gasteiger partial charge is 0.435 e. The fourth-order valence-corrected chi connectivity index (χ4v) is 2.70. The van der Waals surface area contributed by atoms with Crippen molar-refractivity contribution in [2.45, 2.75) is 25.1 Å². The molecule has 0 saturated carbocycles. The van der Waals surface area contributed by atoms with Crippen LogP contribution in [-0.4, -0.2) is 39.0 Å². The molecule has 0 aromatic carbocycles. The van der Waals surface area contributed by atoms with Crippen molar-refractivity contribution in [3.05, 3.63) is 35.8 Å². The van der Waals surface area contributed by atoms with Crippen molar-refractivity contribution in [2.75, 3.05) is 18.0 Å². The molecular formula is C14H15F3N6O. The molecule has 1 amide bonds. The van der Waals surface area contributed by atoms with Crippen molar-refractivity contribution < 1.29 is 18.0 Å². The molecule has 1 atom stereocenters. The summed E-state index contributed by atoms with van der Waals surface area (Å²) in [6.07, 6.45) is -1.60. The zero-order valence-electron chi connectivity index (χ0n) is 12.6. The number of nitrogens with zero attached hydrogens (tertiary/aromatic N) is 5. The van der Waals surface area contributed by atoms with E-state index in [2.05, 4.69) is 15.3 Å². The molecule has 2 aromatic rings. The first kappa shape index (κ1) is 16.2. The number of alkyl halides is 3. The minimum atomic E-state index is -4.45. The summed E-state index contributed by atoms with van der Waals surface area (Å²) >= 11 is 0. The molecule has 2 N–H and O–H groups in total. The lowest BCUT2D eigenvalue weighted by molar-refractivity contribution is -0.141. The van der Waals surface area contributed by atoms with Crippen LogP contribution in [0.25, 0.3) is 0 Å². The Kier molecular flexibility index (Phi) is 4.12. The first-order valence-corrected chi connectivity index (χ1v) is 7.35. The summed E-state index contributed by atoms with van der Waals surface area (Å²) in [4.78, 5) is 12.9. The molecule has 1 fully saturated rings. The van der Waals surface area contributed by atoms with E-state index in [1.807, 2.05) is 4.90 Å². The maximum atomic E-state index is 12.7. The van der Waals surface area contributed by atoms with Gasteiger partial charge in [-0.3, -0.25) is 9.48 Å². The molecule has 1 aliphatic heterocycles. The average Bonchev–Trinajstić information content (AvgIpc) is 3.05. The Hall–Kier alpha value is -2.65. The van der Waals surface area contributed by atoms with Crippen molar-refractivity contribution in [3.8, 4) is 0 Å². The minimum Gasteiger partial charge on any atom is -0.364 e. The second-order valence-corrected chi connectivity index (χ2v) is 5.56. The van der Waals surface area contributed by atoms with Crippen LogP contribution in [0.15, 0.2) is 24.4 Å². The van der Waals surface area contributed by atoms with Gasteiger partial charge in [-0.15, -0.1) is 10.2 Å². The Morgan fingerprint density at radius 3 is 2.62 bits per heavy atom. The van der Waals surface area contributed by atoms with Gasteiger partial charge in [-0.1, -0.05) is 0 Å². The summed E-state index contributed by atoms with van der Waals surface area (Å²) in [5.41, 5.74) is 4.29. The standard InChI is InChI=1S/C14H15F3N6O/c15-14(16,17)11-5-7-23(21-11)9-2-1-6-22(8-9)12-4-3-10(13(18)24)19-20-12/h3-5,7,9H,1-2,6,8H2,(H2,18,24). The molecule has 0 radical (unpaired) electrons. The fourth-order valence-electron chi connectivity index (χ4n) is 2.70. The van der Waals surface area contributed by atoms with Crippen molar-refractivity contribution >= 4 is 11.7 Å². The van der Waals surface area contributed by atoms with Crippen LogP contribution in [0, 0.1) is 0 Å². The Morgan fingerprint density at radius 2 is 2.04 bits per heavy atom. The highest BCUT2D eigenvalue weighted by molar-refractivity contribution is 5.90. The van der Waals surface area contributed by atoms with Crippen molar-refractivity contribution in [1.29, 1.82) is 0 Å². The molecular weight excluding hydrogens is 325 g/mol. The number of piperidine rings is 1. The molecule has 3 rings (SSSR count). The predicted molar refractivity (Wildman–Crippen MR) is 78.3 cm³/mol. The summed E-state index contributed by atoms with van der Waals surface area (Å²) in [6.45, 7) is 1.16. The number of primary amides is 1. The van der Waals surface area contributed by atoms with Gasteiger partial charge in [0.1, 0.15) is 0 Å². The average molecular weight is 340 g/mol. The highest BCUT2D eigenvalue weighted by Gasteiger charge is 2.34. The molecule has 128 valence electrons. The van der Waals surface area contributed by atoms with Crippen LogP contribution in [0.2, 0.25) is 0 Å². The van der Waals surface area contributed by atoms with E-state index in [1.54, 1.807) is 6.07 Å². The van der Waals surface area contributed by atoms with Crippen LogP contribution >= 0.6 is 0 Å². The highest BCUT2D eigenvalue weighted by atomic mass is 19.4. The molecule has 1 aliphatic rings. The zero-order valence-corrected chi connectivity index (χ0v) is 12.6. The monoisotopic (exact) mass is 340 g/mol. The molecule has 10 heteroatoms. The first-order chi connectivity index (χ1) is 11.3. The molecule has 2 aromatic heterocycles. The predicted octanol–water partition coefficient (Wildman–Crippen LogP) is 1.63. The smallest absolute Gasteiger partial charge is 0.364 e. The second-order valence-electron chi connectivity index (χ2n) is 5.56. The normalized spacial score (nSPS) is 18.6. The molecule has 0 aliphatic carbocycles. The summed E-state index contributed by atoms with van der Waals surface area (Å²) in [6, 6.07) is 3.89. The number of anilines is 1. The number of hydrogen-bond acceptors (Lipinski definition) is 5. The van der Waals surface area contributed by atoms with Gasteiger partial charge < -0.3 is 10.6 Å². The van der Waals surface area contributed by atoms with Crippen molar-refractivity contribution in [3.63, 3.8) is 0 Å². The third-order valence-electron chi connectivity index (χ3n) is 3.90.